The van der Waals surface area contributed by atoms with Gasteiger partial charge < -0.3 is 14.7 Å². The van der Waals surface area contributed by atoms with E-state index in [-0.39, 0.29) is 5.56 Å². The molecule has 1 amide bonds. The minimum absolute atomic E-state index is 0.187. The summed E-state index contributed by atoms with van der Waals surface area (Å²) in [4.78, 5) is 24.7. The predicted octanol–water partition coefficient (Wildman–Crippen LogP) is 2.52. The minimum atomic E-state index is -4.79. The molecular formula is C14H14F3NO4. The average Bonchev–Trinajstić information content (AvgIpc) is 2.79. The number of rotatable bonds is 3. The first-order valence-corrected chi connectivity index (χ1v) is 6.58. The quantitative estimate of drug-likeness (QED) is 0.930. The number of carboxylic acids is 1. The molecule has 0 saturated carbocycles. The number of carbonyl (C=O) groups excluding carboxylic acids is 1. The van der Waals surface area contributed by atoms with Gasteiger partial charge in [-0.05, 0) is 37.6 Å². The second-order valence-corrected chi connectivity index (χ2v) is 5.04. The third-order valence-corrected chi connectivity index (χ3v) is 3.67. The van der Waals surface area contributed by atoms with Crippen LogP contribution in [0, 0.1) is 5.92 Å². The van der Waals surface area contributed by atoms with Gasteiger partial charge in [-0.25, -0.2) is 0 Å². The molecule has 1 aromatic carbocycles. The third-order valence-electron chi connectivity index (χ3n) is 3.67. The van der Waals surface area contributed by atoms with Gasteiger partial charge in [-0.2, -0.15) is 0 Å². The molecule has 0 aromatic heterocycles. The standard InChI is InChI=1S/C14H14F3NO4/c1-8-11(13(20)21)6-7-18(8)12(19)9-2-4-10(5-3-9)22-14(15,16)17/h2-5,8,11H,6-7H2,1H3,(H,20,21). The second-order valence-electron chi connectivity index (χ2n) is 5.04. The Kier molecular flexibility index (Phi) is 4.30. The van der Waals surface area contributed by atoms with Crippen molar-refractivity contribution in [3.63, 3.8) is 0 Å². The van der Waals surface area contributed by atoms with Crippen LogP contribution in [-0.4, -0.2) is 40.8 Å². The van der Waals surface area contributed by atoms with E-state index < -0.39 is 35.9 Å². The van der Waals surface area contributed by atoms with Crippen LogP contribution in [0.25, 0.3) is 0 Å². The predicted molar refractivity (Wildman–Crippen MR) is 69.4 cm³/mol. The smallest absolute Gasteiger partial charge is 0.481 e. The number of hydrogen-bond donors (Lipinski definition) is 1. The fourth-order valence-corrected chi connectivity index (χ4v) is 2.52. The van der Waals surface area contributed by atoms with E-state index in [0.717, 1.165) is 12.1 Å². The highest BCUT2D eigenvalue weighted by Gasteiger charge is 2.38. The summed E-state index contributed by atoms with van der Waals surface area (Å²) < 4.78 is 39.9. The van der Waals surface area contributed by atoms with Gasteiger partial charge in [-0.1, -0.05) is 0 Å². The van der Waals surface area contributed by atoms with Crippen molar-refractivity contribution in [1.29, 1.82) is 0 Å². The molecule has 5 nitrogen and oxygen atoms in total. The summed E-state index contributed by atoms with van der Waals surface area (Å²) in [6, 6.07) is 4.09. The Balaban J connectivity index is 2.09. The molecule has 0 aliphatic carbocycles. The molecule has 2 atom stereocenters. The van der Waals surface area contributed by atoms with Crippen molar-refractivity contribution in [2.24, 2.45) is 5.92 Å². The highest BCUT2D eigenvalue weighted by atomic mass is 19.4. The first-order chi connectivity index (χ1) is 10.2. The minimum Gasteiger partial charge on any atom is -0.481 e. The van der Waals surface area contributed by atoms with Crippen LogP contribution < -0.4 is 4.74 Å². The van der Waals surface area contributed by atoms with Crippen LogP contribution in [0.1, 0.15) is 23.7 Å². The molecule has 1 aromatic rings. The summed E-state index contributed by atoms with van der Waals surface area (Å²) in [5.41, 5.74) is 0.187. The monoisotopic (exact) mass is 317 g/mol. The summed E-state index contributed by atoms with van der Waals surface area (Å²) in [6.45, 7) is 1.95. The van der Waals surface area contributed by atoms with Gasteiger partial charge in [0.2, 0.25) is 0 Å². The largest absolute Gasteiger partial charge is 0.573 e. The molecule has 0 bridgehead atoms. The van der Waals surface area contributed by atoms with Gasteiger partial charge in [-0.3, -0.25) is 9.59 Å². The van der Waals surface area contributed by atoms with Gasteiger partial charge in [-0.15, -0.1) is 13.2 Å². The van der Waals surface area contributed by atoms with Crippen molar-refractivity contribution in [3.8, 4) is 5.75 Å². The van der Waals surface area contributed by atoms with Gasteiger partial charge in [0, 0.05) is 18.2 Å². The lowest BCUT2D eigenvalue weighted by Gasteiger charge is -2.23. The molecule has 0 radical (unpaired) electrons. The van der Waals surface area contributed by atoms with Gasteiger partial charge in [0.25, 0.3) is 5.91 Å². The van der Waals surface area contributed by atoms with Crippen molar-refractivity contribution in [3.05, 3.63) is 29.8 Å². The summed E-state index contributed by atoms with van der Waals surface area (Å²) in [6.07, 6.45) is -4.43. The molecule has 0 spiro atoms. The van der Waals surface area contributed by atoms with Crippen LogP contribution >= 0.6 is 0 Å². The van der Waals surface area contributed by atoms with Crippen LogP contribution in [0.5, 0.6) is 5.75 Å². The number of carboxylic acid groups (broad SMARTS) is 1. The van der Waals surface area contributed by atoms with Crippen molar-refractivity contribution in [2.45, 2.75) is 25.7 Å². The number of carbonyl (C=O) groups is 2. The molecule has 2 unspecified atom stereocenters. The Morgan fingerprint density at radius 2 is 1.86 bits per heavy atom. The fourth-order valence-electron chi connectivity index (χ4n) is 2.52. The van der Waals surface area contributed by atoms with E-state index >= 15 is 0 Å². The van der Waals surface area contributed by atoms with E-state index in [0.29, 0.717) is 13.0 Å². The lowest BCUT2D eigenvalue weighted by atomic mass is 10.0. The van der Waals surface area contributed by atoms with E-state index in [1.54, 1.807) is 6.92 Å². The number of benzene rings is 1. The Morgan fingerprint density at radius 1 is 1.27 bits per heavy atom. The summed E-state index contributed by atoms with van der Waals surface area (Å²) in [5.74, 6) is -2.41. The molecule has 1 fully saturated rings. The lowest BCUT2D eigenvalue weighted by molar-refractivity contribution is -0.274. The lowest BCUT2D eigenvalue weighted by Crippen LogP contribution is -2.37. The van der Waals surface area contributed by atoms with E-state index in [1.807, 2.05) is 0 Å². The number of likely N-dealkylation sites (tertiary alicyclic amines) is 1. The van der Waals surface area contributed by atoms with Gasteiger partial charge >= 0.3 is 12.3 Å². The van der Waals surface area contributed by atoms with E-state index in [9.17, 15) is 22.8 Å². The van der Waals surface area contributed by atoms with Crippen LogP contribution in [0.2, 0.25) is 0 Å². The van der Waals surface area contributed by atoms with Gasteiger partial charge in [0.15, 0.2) is 0 Å². The molecule has 1 N–H and O–H groups in total. The van der Waals surface area contributed by atoms with Crippen molar-refractivity contribution in [1.82, 2.24) is 4.90 Å². The van der Waals surface area contributed by atoms with E-state index in [2.05, 4.69) is 4.74 Å². The maximum atomic E-state index is 12.3. The van der Waals surface area contributed by atoms with Gasteiger partial charge in [0.1, 0.15) is 5.75 Å². The zero-order chi connectivity index (χ0) is 16.5. The normalized spacial score (nSPS) is 21.7. The SMILES string of the molecule is CC1C(C(=O)O)CCN1C(=O)c1ccc(OC(F)(F)F)cc1. The number of aliphatic carboxylic acids is 1. The first-order valence-electron chi connectivity index (χ1n) is 6.58. The highest BCUT2D eigenvalue weighted by molar-refractivity contribution is 5.95. The van der Waals surface area contributed by atoms with Crippen LogP contribution in [0.15, 0.2) is 24.3 Å². The molecule has 1 heterocycles. The van der Waals surface area contributed by atoms with Gasteiger partial charge in [0.05, 0.1) is 5.92 Å². The fraction of sp³-hybridized carbons (Fsp3) is 0.429. The number of ether oxygens (including phenoxy) is 1. The average molecular weight is 317 g/mol. The third kappa shape index (κ3) is 3.49. The van der Waals surface area contributed by atoms with Crippen LogP contribution in [-0.2, 0) is 4.79 Å². The molecule has 1 aliphatic heterocycles. The Bertz CT molecular complexity index is 570. The zero-order valence-corrected chi connectivity index (χ0v) is 11.6. The maximum Gasteiger partial charge on any atom is 0.573 e. The number of alkyl halides is 3. The maximum absolute atomic E-state index is 12.3. The van der Waals surface area contributed by atoms with E-state index in [4.69, 9.17) is 5.11 Å². The number of nitrogens with zero attached hydrogens (tertiary/aromatic N) is 1. The van der Waals surface area contributed by atoms with Crippen LogP contribution in [0.3, 0.4) is 0 Å². The topological polar surface area (TPSA) is 66.8 Å². The summed E-state index contributed by atoms with van der Waals surface area (Å²) >= 11 is 0. The second kappa shape index (κ2) is 5.86. The van der Waals surface area contributed by atoms with Crippen molar-refractivity contribution < 1.29 is 32.6 Å². The number of halogens is 3. The number of hydrogen-bond acceptors (Lipinski definition) is 3. The Morgan fingerprint density at radius 3 is 2.32 bits per heavy atom. The molecule has 22 heavy (non-hydrogen) atoms. The summed E-state index contributed by atoms with van der Waals surface area (Å²) in [5, 5.41) is 9.04. The molecule has 120 valence electrons. The number of amides is 1. The van der Waals surface area contributed by atoms with Crippen molar-refractivity contribution >= 4 is 11.9 Å². The Hall–Kier alpha value is -2.25. The first kappa shape index (κ1) is 16.1. The van der Waals surface area contributed by atoms with E-state index in [1.165, 1.54) is 17.0 Å². The molecule has 1 saturated heterocycles. The highest BCUT2D eigenvalue weighted by Crippen LogP contribution is 2.27. The van der Waals surface area contributed by atoms with Crippen LogP contribution in [0.4, 0.5) is 13.2 Å². The molecule has 8 heteroatoms. The molecule has 1 aliphatic rings. The Labute approximate surface area is 124 Å². The molecular weight excluding hydrogens is 303 g/mol. The summed E-state index contributed by atoms with van der Waals surface area (Å²) in [7, 11) is 0. The molecule has 2 rings (SSSR count). The van der Waals surface area contributed by atoms with Crippen molar-refractivity contribution in [2.75, 3.05) is 6.54 Å². The zero-order valence-electron chi connectivity index (χ0n) is 11.6.